The van der Waals surface area contributed by atoms with Crippen molar-refractivity contribution in [3.8, 4) is 0 Å². The number of unbranched alkanes of at least 4 members (excludes halogenated alkanes) is 4. The maximum Gasteiger partial charge on any atom is 0.338 e. The van der Waals surface area contributed by atoms with Crippen molar-refractivity contribution in [1.29, 1.82) is 0 Å². The van der Waals surface area contributed by atoms with Gasteiger partial charge in [0.1, 0.15) is 13.2 Å². The molecule has 0 aromatic heterocycles. The number of esters is 1. The number of hydrogen-bond donors (Lipinski definition) is 0. The molecule has 0 aliphatic heterocycles. The Bertz CT molecular complexity index is 1310. The average molecular weight is 657 g/mol. The fourth-order valence-corrected chi connectivity index (χ4v) is 8.00. The van der Waals surface area contributed by atoms with Gasteiger partial charge in [0.15, 0.2) is 6.10 Å². The third-order valence-electron chi connectivity index (χ3n) is 11.1. The summed E-state index contributed by atoms with van der Waals surface area (Å²) in [4.78, 5) is 24.5. The van der Waals surface area contributed by atoms with Crippen LogP contribution in [0, 0.1) is 11.8 Å². The molecule has 48 heavy (non-hydrogen) atoms. The number of carbonyl (C=O) groups is 1. The van der Waals surface area contributed by atoms with Crippen LogP contribution in [0.4, 0.5) is 0 Å². The highest BCUT2D eigenvalue weighted by Crippen LogP contribution is 2.39. The summed E-state index contributed by atoms with van der Waals surface area (Å²) in [6.07, 6.45) is 20.8. The Morgan fingerprint density at radius 1 is 0.646 bits per heavy atom. The zero-order valence-electron chi connectivity index (χ0n) is 29.8. The van der Waals surface area contributed by atoms with E-state index in [2.05, 4.69) is 50.2 Å². The maximum atomic E-state index is 13.3. The zero-order valence-corrected chi connectivity index (χ0v) is 29.8. The summed E-state index contributed by atoms with van der Waals surface area (Å²) >= 11 is 0. The van der Waals surface area contributed by atoms with Crippen LogP contribution in [0.25, 0.3) is 0 Å². The quantitative estimate of drug-likeness (QED) is 0.0591. The predicted octanol–water partition coefficient (Wildman–Crippen LogP) is 12.9. The summed E-state index contributed by atoms with van der Waals surface area (Å²) in [5.41, 5.74) is 5.31. The molecule has 5 rings (SSSR count). The highest BCUT2D eigenvalue weighted by molar-refractivity contribution is 5.89. The largest absolute Gasteiger partial charge is 0.451 e. The van der Waals surface area contributed by atoms with Gasteiger partial charge in [-0.1, -0.05) is 132 Å². The van der Waals surface area contributed by atoms with E-state index in [1.54, 1.807) is 0 Å². The molecule has 4 heteroatoms. The molecule has 0 amide bonds. The Morgan fingerprint density at radius 2 is 1.17 bits per heavy atom. The molecule has 0 saturated heterocycles. The Kier molecular flexibility index (Phi) is 15.1. The number of rotatable bonds is 18. The van der Waals surface area contributed by atoms with E-state index in [1.165, 1.54) is 114 Å². The molecule has 3 aromatic rings. The molecule has 0 bridgehead atoms. The first-order valence-corrected chi connectivity index (χ1v) is 19.3. The Labute approximate surface area is 293 Å². The van der Waals surface area contributed by atoms with E-state index in [0.717, 1.165) is 23.0 Å². The van der Waals surface area contributed by atoms with Gasteiger partial charge in [0.2, 0.25) is 0 Å². The van der Waals surface area contributed by atoms with Gasteiger partial charge in [-0.2, -0.15) is 0 Å². The molecular formula is C44H64O4. The van der Waals surface area contributed by atoms with Crippen LogP contribution in [0.2, 0.25) is 0 Å². The summed E-state index contributed by atoms with van der Waals surface area (Å²) in [5, 5.41) is 0. The van der Waals surface area contributed by atoms with E-state index < -0.39 is 6.10 Å². The van der Waals surface area contributed by atoms with Crippen molar-refractivity contribution in [2.75, 3.05) is 6.61 Å². The molecule has 0 heterocycles. The molecule has 3 aromatic carbocycles. The van der Waals surface area contributed by atoms with Crippen molar-refractivity contribution in [2.45, 2.75) is 141 Å². The van der Waals surface area contributed by atoms with E-state index >= 15 is 0 Å². The first kappa shape index (κ1) is 36.3. The molecule has 2 fully saturated rings. The van der Waals surface area contributed by atoms with Crippen molar-refractivity contribution in [3.05, 3.63) is 107 Å². The van der Waals surface area contributed by atoms with E-state index in [-0.39, 0.29) is 15.4 Å². The van der Waals surface area contributed by atoms with Gasteiger partial charge in [0, 0.05) is 2.85 Å². The Morgan fingerprint density at radius 3 is 1.69 bits per heavy atom. The second kappa shape index (κ2) is 19.9. The lowest BCUT2D eigenvalue weighted by atomic mass is 9.77. The predicted molar refractivity (Wildman–Crippen MR) is 200 cm³/mol. The number of hydrogen-bond acceptors (Lipinski definition) is 4. The van der Waals surface area contributed by atoms with Crippen molar-refractivity contribution < 1.29 is 22.2 Å². The third-order valence-corrected chi connectivity index (χ3v) is 11.1. The minimum atomic E-state index is -0.569. The van der Waals surface area contributed by atoms with Crippen LogP contribution < -0.4 is 0 Å². The lowest BCUT2D eigenvalue weighted by molar-refractivity contribution is -0.314. The van der Waals surface area contributed by atoms with Gasteiger partial charge in [-0.25, -0.2) is 14.6 Å². The zero-order chi connectivity index (χ0) is 33.4. The second-order valence-corrected chi connectivity index (χ2v) is 14.6. The molecule has 264 valence electrons. The number of benzene rings is 3. The van der Waals surface area contributed by atoms with E-state index in [9.17, 15) is 4.79 Å². The van der Waals surface area contributed by atoms with Gasteiger partial charge in [0.05, 0.1) is 5.56 Å². The van der Waals surface area contributed by atoms with Gasteiger partial charge in [-0.05, 0) is 109 Å². The summed E-state index contributed by atoms with van der Waals surface area (Å²) in [6, 6.07) is 26.7. The molecule has 2 aliphatic rings. The van der Waals surface area contributed by atoms with Gasteiger partial charge in [-0.15, -0.1) is 0 Å². The van der Waals surface area contributed by atoms with Crippen molar-refractivity contribution in [2.24, 2.45) is 11.8 Å². The second-order valence-electron chi connectivity index (χ2n) is 14.6. The molecule has 1 atom stereocenters. The maximum absolute atomic E-state index is 13.3. The van der Waals surface area contributed by atoms with Crippen LogP contribution in [0.15, 0.2) is 78.9 Å². The lowest BCUT2D eigenvalue weighted by Gasteiger charge is -2.29. The monoisotopic (exact) mass is 656 g/mol. The minimum absolute atomic E-state index is 0. The molecule has 0 radical (unpaired) electrons. The van der Waals surface area contributed by atoms with Crippen LogP contribution in [0.1, 0.15) is 170 Å². The molecule has 2 aliphatic carbocycles. The standard InChI is InChI=1S/C44H60O4.2H2/c1-3-5-8-12-34-16-22-37(23-17-34)39-26-20-36(21-27-39)32-46-47-33-43(41-14-10-7-11-15-41)48-44(45)42-30-28-40(29-31-42)38-24-18-35(19-25-38)13-9-6-4-2;;/h7,10-11,14-15,20-21,26-31,34-35,37-38,43H,3-6,8-9,12-13,16-19,22-25,32-33H2,1-2H3;2*1H. The normalized spacial score (nSPS) is 21.9. The van der Waals surface area contributed by atoms with Gasteiger partial charge in [-0.3, -0.25) is 0 Å². The number of carbonyl (C=O) groups excluding carboxylic acids is 1. The smallest absolute Gasteiger partial charge is 0.338 e. The third kappa shape index (κ3) is 11.3. The molecule has 4 nitrogen and oxygen atoms in total. The van der Waals surface area contributed by atoms with Crippen molar-refractivity contribution in [3.63, 3.8) is 0 Å². The van der Waals surface area contributed by atoms with Crippen LogP contribution in [-0.2, 0) is 21.1 Å². The van der Waals surface area contributed by atoms with E-state index in [0.29, 0.717) is 24.0 Å². The van der Waals surface area contributed by atoms with Crippen LogP contribution in [0.5, 0.6) is 0 Å². The summed E-state index contributed by atoms with van der Waals surface area (Å²) in [5.74, 6) is 2.75. The first-order chi connectivity index (χ1) is 23.6. The fourth-order valence-electron chi connectivity index (χ4n) is 8.00. The van der Waals surface area contributed by atoms with Crippen LogP contribution in [0.3, 0.4) is 0 Å². The highest BCUT2D eigenvalue weighted by atomic mass is 17.2. The topological polar surface area (TPSA) is 44.8 Å². The Balaban J connectivity index is 0.00000338. The van der Waals surface area contributed by atoms with E-state index in [1.807, 2.05) is 42.5 Å². The molecule has 0 N–H and O–H groups in total. The molecule has 1 unspecified atom stereocenters. The summed E-state index contributed by atoms with van der Waals surface area (Å²) in [7, 11) is 0. The van der Waals surface area contributed by atoms with E-state index in [4.69, 9.17) is 14.5 Å². The van der Waals surface area contributed by atoms with Gasteiger partial charge in [0.25, 0.3) is 0 Å². The molecule has 0 spiro atoms. The fraction of sp³-hybridized carbons (Fsp3) is 0.568. The molecular weight excluding hydrogens is 592 g/mol. The minimum Gasteiger partial charge on any atom is -0.451 e. The highest BCUT2D eigenvalue weighted by Gasteiger charge is 2.24. The van der Waals surface area contributed by atoms with Gasteiger partial charge < -0.3 is 4.74 Å². The summed E-state index contributed by atoms with van der Waals surface area (Å²) in [6.45, 7) is 5.04. The number of ether oxygens (including phenoxy) is 1. The SMILES string of the molecule is CCCCCC1CCC(c2ccc(COOCC(OC(=O)c3ccc(C4CCC(CCCCC)CC4)cc3)c3ccccc3)cc2)CC1.[HH].[HH]. The first-order valence-electron chi connectivity index (χ1n) is 19.3. The van der Waals surface area contributed by atoms with Crippen LogP contribution >= 0.6 is 0 Å². The van der Waals surface area contributed by atoms with Crippen molar-refractivity contribution >= 4 is 5.97 Å². The lowest BCUT2D eigenvalue weighted by Crippen LogP contribution is -2.17. The molecule has 2 saturated carbocycles. The van der Waals surface area contributed by atoms with Crippen LogP contribution in [-0.4, -0.2) is 12.6 Å². The Hall–Kier alpha value is -2.95. The summed E-state index contributed by atoms with van der Waals surface area (Å²) < 4.78 is 5.99. The van der Waals surface area contributed by atoms with Gasteiger partial charge >= 0.3 is 5.97 Å². The average Bonchev–Trinajstić information content (AvgIpc) is 3.14. The van der Waals surface area contributed by atoms with Crippen molar-refractivity contribution in [1.82, 2.24) is 0 Å².